The first-order valence-corrected chi connectivity index (χ1v) is 9.06. The van der Waals surface area contributed by atoms with Crippen molar-refractivity contribution in [1.82, 2.24) is 20.2 Å². The number of hydrogen-bond donors (Lipinski definition) is 1. The second-order valence-corrected chi connectivity index (χ2v) is 7.09. The van der Waals surface area contributed by atoms with E-state index in [0.29, 0.717) is 6.04 Å². The van der Waals surface area contributed by atoms with E-state index in [0.717, 1.165) is 56.4 Å². The summed E-state index contributed by atoms with van der Waals surface area (Å²) in [5.41, 5.74) is 2.57. The molecule has 7 heteroatoms. The first-order chi connectivity index (χ1) is 12.2. The van der Waals surface area contributed by atoms with E-state index in [1.54, 1.807) is 6.20 Å². The average Bonchev–Trinajstić information content (AvgIpc) is 3.10. The molecule has 7 nitrogen and oxygen atoms in total. The molecule has 1 N–H and O–H groups in total. The molecule has 0 radical (unpaired) electrons. The van der Waals surface area contributed by atoms with Crippen molar-refractivity contribution in [3.8, 4) is 0 Å². The van der Waals surface area contributed by atoms with Gasteiger partial charge in [0, 0.05) is 39.4 Å². The molecule has 2 aromatic rings. The summed E-state index contributed by atoms with van der Waals surface area (Å²) < 4.78 is 0. The number of fused-ring (bicyclic) bond motifs is 1. The molecule has 0 spiro atoms. The summed E-state index contributed by atoms with van der Waals surface area (Å²) in [5, 5.41) is 12.5. The van der Waals surface area contributed by atoms with Gasteiger partial charge >= 0.3 is 0 Å². The molecular formula is C18H25N7. The summed E-state index contributed by atoms with van der Waals surface area (Å²) in [7, 11) is 3.90. The molecule has 1 saturated heterocycles. The maximum atomic E-state index is 4.57. The van der Waals surface area contributed by atoms with Crippen molar-refractivity contribution in [2.75, 3.05) is 42.3 Å². The summed E-state index contributed by atoms with van der Waals surface area (Å²) in [4.78, 5) is 13.1. The molecule has 1 aliphatic heterocycles. The minimum Gasteiger partial charge on any atom is -0.365 e. The van der Waals surface area contributed by atoms with Crippen LogP contribution >= 0.6 is 0 Å². The fourth-order valence-electron chi connectivity index (χ4n) is 3.63. The summed E-state index contributed by atoms with van der Waals surface area (Å²) in [6.07, 6.45) is 7.51. The van der Waals surface area contributed by atoms with Crippen LogP contribution in [0.2, 0.25) is 0 Å². The molecule has 1 aliphatic carbocycles. The third-order valence-corrected chi connectivity index (χ3v) is 4.95. The molecular weight excluding hydrogens is 314 g/mol. The highest BCUT2D eigenvalue weighted by atomic mass is 15.3. The average molecular weight is 339 g/mol. The van der Waals surface area contributed by atoms with Crippen molar-refractivity contribution in [2.24, 2.45) is 0 Å². The Balaban J connectivity index is 1.45. The second kappa shape index (κ2) is 6.82. The van der Waals surface area contributed by atoms with E-state index in [2.05, 4.69) is 36.4 Å². The molecule has 3 heterocycles. The van der Waals surface area contributed by atoms with Gasteiger partial charge in [-0.2, -0.15) is 10.1 Å². The molecule has 0 saturated carbocycles. The van der Waals surface area contributed by atoms with E-state index in [4.69, 9.17) is 0 Å². The number of aryl methyl sites for hydroxylation is 2. The van der Waals surface area contributed by atoms with Crippen LogP contribution in [0.25, 0.3) is 0 Å². The molecule has 2 aliphatic rings. The van der Waals surface area contributed by atoms with Gasteiger partial charge in [-0.1, -0.05) is 0 Å². The zero-order valence-corrected chi connectivity index (χ0v) is 14.9. The van der Waals surface area contributed by atoms with Crippen molar-refractivity contribution in [3.63, 3.8) is 0 Å². The molecule has 0 bridgehead atoms. The van der Waals surface area contributed by atoms with Gasteiger partial charge in [0.1, 0.15) is 5.82 Å². The quantitative estimate of drug-likeness (QED) is 0.912. The molecule has 1 fully saturated rings. The van der Waals surface area contributed by atoms with E-state index in [-0.39, 0.29) is 0 Å². The van der Waals surface area contributed by atoms with Crippen LogP contribution in [0.15, 0.2) is 18.3 Å². The Morgan fingerprint density at radius 2 is 2.12 bits per heavy atom. The van der Waals surface area contributed by atoms with Gasteiger partial charge in [-0.05, 0) is 49.8 Å². The first-order valence-electron chi connectivity index (χ1n) is 9.06. The molecule has 2 aromatic heterocycles. The van der Waals surface area contributed by atoms with E-state index >= 15 is 0 Å². The Bertz CT molecular complexity index is 746. The Morgan fingerprint density at radius 1 is 1.20 bits per heavy atom. The van der Waals surface area contributed by atoms with Crippen LogP contribution in [0.1, 0.15) is 30.5 Å². The third kappa shape index (κ3) is 3.50. The van der Waals surface area contributed by atoms with Gasteiger partial charge in [0.2, 0.25) is 5.95 Å². The zero-order chi connectivity index (χ0) is 17.2. The number of nitrogens with one attached hydrogen (secondary N) is 1. The Labute approximate surface area is 148 Å². The maximum Gasteiger partial charge on any atom is 0.226 e. The summed E-state index contributed by atoms with van der Waals surface area (Å²) in [6, 6.07) is 4.53. The largest absolute Gasteiger partial charge is 0.365 e. The molecule has 0 amide bonds. The lowest BCUT2D eigenvalue weighted by molar-refractivity contribution is 0.523. The first kappa shape index (κ1) is 16.1. The van der Waals surface area contributed by atoms with E-state index in [1.807, 2.05) is 25.1 Å². The molecule has 132 valence electrons. The highest BCUT2D eigenvalue weighted by Crippen LogP contribution is 2.25. The van der Waals surface area contributed by atoms with Crippen LogP contribution in [0.4, 0.5) is 17.6 Å². The molecule has 0 aromatic carbocycles. The SMILES string of the molecule is CN(C)c1nccc(NC2CCCN(c3cc4c(nn3)CCC4)C2)n1. The number of anilines is 3. The summed E-state index contributed by atoms with van der Waals surface area (Å²) in [5.74, 6) is 2.62. The van der Waals surface area contributed by atoms with Gasteiger partial charge in [-0.15, -0.1) is 5.10 Å². The third-order valence-electron chi connectivity index (χ3n) is 4.95. The lowest BCUT2D eigenvalue weighted by Crippen LogP contribution is -2.42. The maximum absolute atomic E-state index is 4.57. The van der Waals surface area contributed by atoms with Crippen LogP contribution in [0.3, 0.4) is 0 Å². The van der Waals surface area contributed by atoms with Crippen molar-refractivity contribution < 1.29 is 0 Å². The minimum absolute atomic E-state index is 0.355. The minimum atomic E-state index is 0.355. The van der Waals surface area contributed by atoms with E-state index < -0.39 is 0 Å². The predicted molar refractivity (Wildman–Crippen MR) is 99.3 cm³/mol. The topological polar surface area (TPSA) is 70.1 Å². The van der Waals surface area contributed by atoms with Gasteiger partial charge in [0.05, 0.1) is 5.69 Å². The van der Waals surface area contributed by atoms with Gasteiger partial charge < -0.3 is 15.1 Å². The highest BCUT2D eigenvalue weighted by molar-refractivity contribution is 5.45. The monoisotopic (exact) mass is 339 g/mol. The smallest absolute Gasteiger partial charge is 0.226 e. The Hall–Kier alpha value is -2.44. The van der Waals surface area contributed by atoms with Gasteiger partial charge in [-0.3, -0.25) is 0 Å². The highest BCUT2D eigenvalue weighted by Gasteiger charge is 2.23. The lowest BCUT2D eigenvalue weighted by atomic mass is 10.1. The lowest BCUT2D eigenvalue weighted by Gasteiger charge is -2.34. The number of nitrogens with zero attached hydrogens (tertiary/aromatic N) is 6. The number of aromatic nitrogens is 4. The molecule has 1 unspecified atom stereocenters. The summed E-state index contributed by atoms with van der Waals surface area (Å²) >= 11 is 0. The van der Waals surface area contributed by atoms with Crippen molar-refractivity contribution in [2.45, 2.75) is 38.1 Å². The fraction of sp³-hybridized carbons (Fsp3) is 0.556. The summed E-state index contributed by atoms with van der Waals surface area (Å²) in [6.45, 7) is 1.97. The van der Waals surface area contributed by atoms with Crippen molar-refractivity contribution in [1.29, 1.82) is 0 Å². The molecule has 1 atom stereocenters. The fourth-order valence-corrected chi connectivity index (χ4v) is 3.63. The number of piperidine rings is 1. The van der Waals surface area contributed by atoms with Gasteiger partial charge in [0.15, 0.2) is 5.82 Å². The molecule has 25 heavy (non-hydrogen) atoms. The van der Waals surface area contributed by atoms with Crippen LogP contribution in [0, 0.1) is 0 Å². The second-order valence-electron chi connectivity index (χ2n) is 7.09. The normalized spacial score (nSPS) is 19.6. The van der Waals surface area contributed by atoms with Crippen molar-refractivity contribution in [3.05, 3.63) is 29.6 Å². The van der Waals surface area contributed by atoms with E-state index in [9.17, 15) is 0 Å². The van der Waals surface area contributed by atoms with Crippen LogP contribution in [-0.4, -0.2) is 53.4 Å². The van der Waals surface area contributed by atoms with Crippen LogP contribution < -0.4 is 15.1 Å². The number of hydrogen-bond acceptors (Lipinski definition) is 7. The van der Waals surface area contributed by atoms with E-state index in [1.165, 1.54) is 17.7 Å². The van der Waals surface area contributed by atoms with Crippen LogP contribution in [0.5, 0.6) is 0 Å². The van der Waals surface area contributed by atoms with Crippen molar-refractivity contribution >= 4 is 17.6 Å². The predicted octanol–water partition coefficient (Wildman–Crippen LogP) is 1.90. The van der Waals surface area contributed by atoms with Gasteiger partial charge in [-0.25, -0.2) is 4.98 Å². The number of rotatable bonds is 4. The molecule has 4 rings (SSSR count). The Kier molecular flexibility index (Phi) is 4.38. The Morgan fingerprint density at radius 3 is 3.00 bits per heavy atom. The van der Waals surface area contributed by atoms with Crippen LogP contribution in [-0.2, 0) is 12.8 Å². The standard InChI is InChI=1S/C18H25N7/c1-24(2)18-19-9-8-16(21-18)20-14-6-4-10-25(12-14)17-11-13-5-3-7-15(13)22-23-17/h8-9,11,14H,3-7,10,12H2,1-2H3,(H,19,20,21). The zero-order valence-electron chi connectivity index (χ0n) is 14.9. The van der Waals surface area contributed by atoms with Gasteiger partial charge in [0.25, 0.3) is 0 Å².